The summed E-state index contributed by atoms with van der Waals surface area (Å²) in [5, 5.41) is 5.99. The summed E-state index contributed by atoms with van der Waals surface area (Å²) in [6.45, 7) is 5.22. The van der Waals surface area contributed by atoms with Crippen LogP contribution in [0, 0.1) is 12.7 Å². The van der Waals surface area contributed by atoms with Gasteiger partial charge in [0.25, 0.3) is 5.91 Å². The number of aromatic nitrogens is 4. The second-order valence-electron chi connectivity index (χ2n) is 7.75. The summed E-state index contributed by atoms with van der Waals surface area (Å²) >= 11 is 5.78. The molecule has 0 aliphatic carbocycles. The van der Waals surface area contributed by atoms with Crippen molar-refractivity contribution in [2.45, 2.75) is 32.4 Å². The van der Waals surface area contributed by atoms with Crippen LogP contribution in [0.25, 0.3) is 5.82 Å². The average Bonchev–Trinajstić information content (AvgIpc) is 3.40. The number of benzene rings is 1. The number of carbonyl (C=O) groups excluding carboxylic acids is 1. The Kier molecular flexibility index (Phi) is 5.88. The molecule has 1 unspecified atom stereocenters. The topological polar surface area (TPSA) is 94.0 Å². The predicted molar refractivity (Wildman–Crippen MR) is 114 cm³/mol. The maximum absolute atomic E-state index is 14.0. The number of hydrogen-bond acceptors (Lipinski definition) is 6. The van der Waals surface area contributed by atoms with Gasteiger partial charge in [0, 0.05) is 36.7 Å². The Labute approximate surface area is 183 Å². The Morgan fingerprint density at radius 1 is 1.39 bits per heavy atom. The minimum Gasteiger partial charge on any atom is -0.379 e. The lowest BCUT2D eigenvalue weighted by Gasteiger charge is -2.23. The molecule has 1 fully saturated rings. The van der Waals surface area contributed by atoms with Gasteiger partial charge in [0.15, 0.2) is 0 Å². The molecule has 0 saturated carbocycles. The molecule has 0 radical (unpaired) electrons. The highest BCUT2D eigenvalue weighted by Crippen LogP contribution is 2.23. The highest BCUT2D eigenvalue weighted by Gasteiger charge is 2.30. The number of ether oxygens (including phenoxy) is 1. The third kappa shape index (κ3) is 4.67. The molecule has 31 heavy (non-hydrogen) atoms. The fourth-order valence-electron chi connectivity index (χ4n) is 3.30. The molecule has 1 aromatic carbocycles. The fourth-order valence-corrected chi connectivity index (χ4v) is 3.49. The molecule has 162 valence electrons. The summed E-state index contributed by atoms with van der Waals surface area (Å²) < 4.78 is 21.1. The first kappa shape index (κ1) is 21.2. The van der Waals surface area contributed by atoms with Gasteiger partial charge in [-0.15, -0.1) is 0 Å². The van der Waals surface area contributed by atoms with E-state index in [0.717, 1.165) is 12.0 Å². The lowest BCUT2D eigenvalue weighted by Crippen LogP contribution is -2.35. The molecule has 3 aromatic rings. The van der Waals surface area contributed by atoms with Gasteiger partial charge in [0.05, 0.1) is 17.2 Å². The van der Waals surface area contributed by atoms with Crippen molar-refractivity contribution < 1.29 is 13.9 Å². The maximum Gasteiger partial charge on any atom is 0.271 e. The van der Waals surface area contributed by atoms with E-state index in [1.807, 2.05) is 6.92 Å². The third-order valence-electron chi connectivity index (χ3n) is 5.11. The van der Waals surface area contributed by atoms with Crippen LogP contribution in [0.2, 0.25) is 5.02 Å². The minimum atomic E-state index is -0.548. The van der Waals surface area contributed by atoms with Crippen molar-refractivity contribution in [1.82, 2.24) is 24.8 Å². The number of nitrogens with one attached hydrogen (secondary N) is 2. The van der Waals surface area contributed by atoms with Crippen molar-refractivity contribution in [3.05, 3.63) is 64.6 Å². The Balaban J connectivity index is 1.48. The van der Waals surface area contributed by atoms with E-state index in [1.54, 1.807) is 29.1 Å². The summed E-state index contributed by atoms with van der Waals surface area (Å²) in [4.78, 5) is 25.6. The van der Waals surface area contributed by atoms with E-state index < -0.39 is 11.7 Å². The zero-order valence-electron chi connectivity index (χ0n) is 17.2. The molecule has 4 rings (SSSR count). The first-order valence-electron chi connectivity index (χ1n) is 9.80. The number of anilines is 1. The van der Waals surface area contributed by atoms with Crippen molar-refractivity contribution in [3.63, 3.8) is 0 Å². The van der Waals surface area contributed by atoms with E-state index in [1.165, 1.54) is 12.4 Å². The first-order chi connectivity index (χ1) is 14.8. The van der Waals surface area contributed by atoms with E-state index in [4.69, 9.17) is 16.3 Å². The molecule has 1 amide bonds. The van der Waals surface area contributed by atoms with Crippen LogP contribution >= 0.6 is 11.6 Å². The molecule has 0 spiro atoms. The van der Waals surface area contributed by atoms with Gasteiger partial charge in [-0.2, -0.15) is 4.98 Å². The van der Waals surface area contributed by atoms with E-state index in [0.29, 0.717) is 30.5 Å². The monoisotopic (exact) mass is 444 g/mol. The molecule has 2 aromatic heterocycles. The Hall–Kier alpha value is -3.04. The number of aryl methyl sites for hydroxylation is 1. The van der Waals surface area contributed by atoms with Crippen LogP contribution in [0.4, 0.5) is 10.3 Å². The van der Waals surface area contributed by atoms with Crippen LogP contribution in [0.15, 0.2) is 36.9 Å². The zero-order valence-corrected chi connectivity index (χ0v) is 17.9. The summed E-state index contributed by atoms with van der Waals surface area (Å²) in [6.07, 6.45) is 5.66. The van der Waals surface area contributed by atoms with Crippen molar-refractivity contribution in [3.8, 4) is 5.82 Å². The normalized spacial score (nSPS) is 18.2. The maximum atomic E-state index is 14.0. The van der Waals surface area contributed by atoms with Crippen LogP contribution in [-0.2, 0) is 11.3 Å². The van der Waals surface area contributed by atoms with Gasteiger partial charge in [0.1, 0.15) is 23.7 Å². The van der Waals surface area contributed by atoms with Crippen LogP contribution in [0.1, 0.15) is 35.0 Å². The molecule has 2 N–H and O–H groups in total. The number of amides is 1. The second-order valence-corrected chi connectivity index (χ2v) is 8.16. The van der Waals surface area contributed by atoms with Gasteiger partial charge in [-0.1, -0.05) is 23.7 Å². The van der Waals surface area contributed by atoms with Crippen molar-refractivity contribution >= 4 is 23.5 Å². The smallest absolute Gasteiger partial charge is 0.271 e. The fraction of sp³-hybridized carbons (Fsp3) is 0.333. The van der Waals surface area contributed by atoms with E-state index >= 15 is 0 Å². The number of rotatable bonds is 6. The Morgan fingerprint density at radius 3 is 3.00 bits per heavy atom. The number of carbonyl (C=O) groups is 1. The quantitative estimate of drug-likeness (QED) is 0.606. The molecule has 3 heterocycles. The molecule has 1 saturated heterocycles. The number of nitrogens with zero attached hydrogens (tertiary/aromatic N) is 4. The van der Waals surface area contributed by atoms with Crippen molar-refractivity contribution in [2.75, 3.05) is 18.5 Å². The molecule has 1 aliphatic rings. The van der Waals surface area contributed by atoms with Gasteiger partial charge < -0.3 is 15.4 Å². The van der Waals surface area contributed by atoms with E-state index in [2.05, 4.69) is 32.5 Å². The third-order valence-corrected chi connectivity index (χ3v) is 5.40. The average molecular weight is 445 g/mol. The van der Waals surface area contributed by atoms with Crippen molar-refractivity contribution in [1.29, 1.82) is 0 Å². The van der Waals surface area contributed by atoms with Crippen LogP contribution in [0.5, 0.6) is 0 Å². The Bertz CT molecular complexity index is 1110. The zero-order chi connectivity index (χ0) is 22.0. The lowest BCUT2D eigenvalue weighted by atomic mass is 10.0. The summed E-state index contributed by atoms with van der Waals surface area (Å²) in [7, 11) is 0. The molecular weight excluding hydrogens is 423 g/mol. The molecule has 10 heteroatoms. The van der Waals surface area contributed by atoms with Crippen molar-refractivity contribution in [2.24, 2.45) is 0 Å². The van der Waals surface area contributed by atoms with E-state index in [-0.39, 0.29) is 22.8 Å². The summed E-state index contributed by atoms with van der Waals surface area (Å²) in [6, 6.07) is 4.65. The van der Waals surface area contributed by atoms with Crippen LogP contribution < -0.4 is 10.6 Å². The second kappa shape index (κ2) is 8.60. The van der Waals surface area contributed by atoms with Crippen LogP contribution in [-0.4, -0.2) is 44.2 Å². The largest absolute Gasteiger partial charge is 0.379 e. The predicted octanol–water partition coefficient (Wildman–Crippen LogP) is 3.28. The van der Waals surface area contributed by atoms with Gasteiger partial charge in [0.2, 0.25) is 5.95 Å². The SMILES string of the molecule is Cc1cnc(NC2(C)CCOC2)nc1-n1cnc(C(=O)NCc2cccc(Cl)c2F)c1. The number of hydrogen-bond donors (Lipinski definition) is 2. The number of imidazole rings is 1. The standard InChI is InChI=1S/C21H22ClFN6O2/c1-13-8-25-20(28-21(2)6-7-31-11-21)27-18(13)29-10-16(26-12-29)19(30)24-9-14-4-3-5-15(22)17(14)23/h3-5,8,10,12H,6-7,9,11H2,1-2H3,(H,24,30)(H,25,27,28). The van der Waals surface area contributed by atoms with Gasteiger partial charge >= 0.3 is 0 Å². The Morgan fingerprint density at radius 2 is 2.23 bits per heavy atom. The molecule has 1 atom stereocenters. The summed E-state index contributed by atoms with van der Waals surface area (Å²) in [5.74, 6) is 0.101. The molecule has 0 bridgehead atoms. The minimum absolute atomic E-state index is 0.000652. The molecule has 1 aliphatic heterocycles. The van der Waals surface area contributed by atoms with Gasteiger partial charge in [-0.3, -0.25) is 9.36 Å². The summed E-state index contributed by atoms with van der Waals surface area (Å²) in [5.41, 5.74) is 1.09. The number of halogens is 2. The van der Waals surface area contributed by atoms with E-state index in [9.17, 15) is 9.18 Å². The van der Waals surface area contributed by atoms with Gasteiger partial charge in [-0.05, 0) is 26.3 Å². The first-order valence-corrected chi connectivity index (χ1v) is 10.2. The molecular formula is C21H22ClFN6O2. The van der Waals surface area contributed by atoms with Crippen LogP contribution in [0.3, 0.4) is 0 Å². The lowest BCUT2D eigenvalue weighted by molar-refractivity contribution is 0.0946. The molecule has 8 nitrogen and oxygen atoms in total. The highest BCUT2D eigenvalue weighted by atomic mass is 35.5. The van der Waals surface area contributed by atoms with Gasteiger partial charge in [-0.25, -0.2) is 14.4 Å². The highest BCUT2D eigenvalue weighted by molar-refractivity contribution is 6.30.